The topological polar surface area (TPSA) is 89.8 Å². The smallest absolute Gasteiger partial charge is 0.277 e. The van der Waals surface area contributed by atoms with E-state index < -0.39 is 27.8 Å². The molecule has 1 N–H and O–H groups in total. The van der Waals surface area contributed by atoms with Gasteiger partial charge in [0.05, 0.1) is 45.7 Å². The van der Waals surface area contributed by atoms with Crippen molar-refractivity contribution in [1.29, 1.82) is 5.26 Å². The summed E-state index contributed by atoms with van der Waals surface area (Å²) in [4.78, 5) is -0.228. The quantitative estimate of drug-likeness (QED) is 0.638. The van der Waals surface area contributed by atoms with Crippen molar-refractivity contribution in [1.82, 2.24) is 10.2 Å². The predicted octanol–water partition coefficient (Wildman–Crippen LogP) is 4.63. The Morgan fingerprint density at radius 3 is 2.45 bits per heavy atom. The zero-order chi connectivity index (χ0) is 22.0. The third-order valence-electron chi connectivity index (χ3n) is 5.68. The van der Waals surface area contributed by atoms with Crippen LogP contribution in [0.15, 0.2) is 53.6 Å². The van der Waals surface area contributed by atoms with Crippen LogP contribution in [0.4, 0.5) is 18.9 Å². The van der Waals surface area contributed by atoms with Crippen molar-refractivity contribution in [2.24, 2.45) is 5.92 Å². The number of hydrogen-bond donors (Lipinski definition) is 1. The molecule has 158 valence electrons. The van der Waals surface area contributed by atoms with Crippen molar-refractivity contribution in [3.63, 3.8) is 0 Å². The zero-order valence-electron chi connectivity index (χ0n) is 15.9. The van der Waals surface area contributed by atoms with Gasteiger partial charge in [0.25, 0.3) is 10.0 Å². The van der Waals surface area contributed by atoms with Gasteiger partial charge in [-0.3, -0.25) is 9.40 Å². The molecule has 1 aliphatic carbocycles. The highest BCUT2D eigenvalue weighted by molar-refractivity contribution is 7.92. The van der Waals surface area contributed by atoms with Crippen LogP contribution in [0.5, 0.6) is 0 Å². The minimum atomic E-state index is -4.56. The highest BCUT2D eigenvalue weighted by atomic mass is 32.2. The number of nitriles is 1. The monoisotopic (exact) mass is 444 g/mol. The van der Waals surface area contributed by atoms with Crippen molar-refractivity contribution >= 4 is 15.7 Å². The maximum absolute atomic E-state index is 13.7. The molecule has 0 bridgehead atoms. The molecule has 1 aliphatic heterocycles. The van der Waals surface area contributed by atoms with Gasteiger partial charge in [-0.2, -0.15) is 23.5 Å². The molecule has 0 saturated heterocycles. The number of aromatic amines is 1. The fourth-order valence-corrected chi connectivity index (χ4v) is 5.79. The van der Waals surface area contributed by atoms with Gasteiger partial charge in [-0.25, -0.2) is 8.42 Å². The number of fused-ring (bicyclic) bond motifs is 3. The highest BCUT2D eigenvalue weighted by Crippen LogP contribution is 2.54. The molecule has 6 nitrogen and oxygen atoms in total. The normalized spacial score (nSPS) is 18.3. The van der Waals surface area contributed by atoms with E-state index in [4.69, 9.17) is 0 Å². The molecule has 5 rings (SSSR count). The number of rotatable bonds is 3. The van der Waals surface area contributed by atoms with E-state index in [2.05, 4.69) is 10.2 Å². The molecule has 10 heteroatoms. The van der Waals surface area contributed by atoms with Gasteiger partial charge >= 0.3 is 6.18 Å². The summed E-state index contributed by atoms with van der Waals surface area (Å²) in [7, 11) is -4.19. The second-order valence-corrected chi connectivity index (χ2v) is 9.46. The first-order valence-corrected chi connectivity index (χ1v) is 11.0. The van der Waals surface area contributed by atoms with E-state index in [9.17, 15) is 26.9 Å². The second-order valence-electron chi connectivity index (χ2n) is 7.65. The predicted molar refractivity (Wildman–Crippen MR) is 105 cm³/mol. The lowest BCUT2D eigenvalue weighted by Crippen LogP contribution is -2.38. The van der Waals surface area contributed by atoms with E-state index in [-0.39, 0.29) is 10.8 Å². The van der Waals surface area contributed by atoms with Crippen LogP contribution >= 0.6 is 0 Å². The van der Waals surface area contributed by atoms with E-state index in [0.29, 0.717) is 28.1 Å². The Balaban J connectivity index is 1.69. The van der Waals surface area contributed by atoms with Crippen LogP contribution in [-0.2, 0) is 16.2 Å². The summed E-state index contributed by atoms with van der Waals surface area (Å²) in [5.74, 6) is 0.0735. The molecule has 1 saturated carbocycles. The Kier molecular flexibility index (Phi) is 4.17. The largest absolute Gasteiger partial charge is 0.416 e. The Hall–Kier alpha value is -3.32. The molecule has 31 heavy (non-hydrogen) atoms. The van der Waals surface area contributed by atoms with E-state index in [0.717, 1.165) is 37.1 Å². The molecular weight excluding hydrogens is 429 g/mol. The van der Waals surface area contributed by atoms with Crippen LogP contribution in [-0.4, -0.2) is 18.6 Å². The number of hydrogen-bond acceptors (Lipinski definition) is 4. The lowest BCUT2D eigenvalue weighted by Gasteiger charge is -2.37. The Morgan fingerprint density at radius 2 is 1.84 bits per heavy atom. The van der Waals surface area contributed by atoms with E-state index >= 15 is 0 Å². The molecule has 1 aromatic heterocycles. The summed E-state index contributed by atoms with van der Waals surface area (Å²) in [6, 6.07) is 9.70. The first-order valence-electron chi connectivity index (χ1n) is 9.51. The third-order valence-corrected chi connectivity index (χ3v) is 7.49. The van der Waals surface area contributed by atoms with Crippen molar-refractivity contribution in [2.45, 2.75) is 30.0 Å². The van der Waals surface area contributed by atoms with Gasteiger partial charge in [0.2, 0.25) is 0 Å². The van der Waals surface area contributed by atoms with Gasteiger partial charge in [-0.15, -0.1) is 0 Å². The summed E-state index contributed by atoms with van der Waals surface area (Å²) in [6.07, 6.45) is -1.31. The standard InChI is InChI=1S/C21H15F3N4O2S/c22-21(23,24)14-4-6-15(7-5-14)31(29,30)28-18-8-1-12(10-25)9-16(18)19-17(11-26-27-19)20(28)13-2-3-13/h1,4-9,11,13,20H,2-3H2,(H,26,27). The van der Waals surface area contributed by atoms with Gasteiger partial charge in [0, 0.05) is 11.1 Å². The Labute approximate surface area is 176 Å². The first-order chi connectivity index (χ1) is 14.7. The van der Waals surface area contributed by atoms with Gasteiger partial charge in [-0.05, 0) is 61.2 Å². The van der Waals surface area contributed by atoms with Crippen molar-refractivity contribution in [3.05, 3.63) is 65.4 Å². The van der Waals surface area contributed by atoms with Crippen LogP contribution in [0.3, 0.4) is 0 Å². The number of nitrogens with zero attached hydrogens (tertiary/aromatic N) is 3. The number of H-pyrrole nitrogens is 1. The molecule has 0 spiro atoms. The molecule has 1 unspecified atom stereocenters. The summed E-state index contributed by atoms with van der Waals surface area (Å²) in [5.41, 5.74) is 1.67. The molecular formula is C21H15F3N4O2S. The maximum atomic E-state index is 13.7. The fourth-order valence-electron chi connectivity index (χ4n) is 4.08. The van der Waals surface area contributed by atoms with Crippen molar-refractivity contribution in [3.8, 4) is 17.3 Å². The molecule has 3 aromatic rings. The van der Waals surface area contributed by atoms with E-state index in [1.807, 2.05) is 6.07 Å². The van der Waals surface area contributed by atoms with E-state index in [1.54, 1.807) is 18.3 Å². The fraction of sp³-hybridized carbons (Fsp3) is 0.238. The second kappa shape index (κ2) is 6.59. The van der Waals surface area contributed by atoms with Crippen LogP contribution in [0.1, 0.15) is 35.6 Å². The van der Waals surface area contributed by atoms with Crippen molar-refractivity contribution in [2.75, 3.05) is 4.31 Å². The lowest BCUT2D eigenvalue weighted by molar-refractivity contribution is -0.137. The highest BCUT2D eigenvalue weighted by Gasteiger charge is 2.47. The molecule has 0 radical (unpaired) electrons. The molecule has 2 heterocycles. The minimum Gasteiger partial charge on any atom is -0.277 e. The summed E-state index contributed by atoms with van der Waals surface area (Å²) in [5, 5.41) is 16.3. The Morgan fingerprint density at radius 1 is 1.13 bits per heavy atom. The SMILES string of the molecule is N#Cc1ccc2c(c1)-c1[nH]ncc1C(C1CC1)N2S(=O)(=O)c1ccc(C(F)(F)F)cc1. The minimum absolute atomic E-state index is 0.0735. The number of anilines is 1. The summed E-state index contributed by atoms with van der Waals surface area (Å²) >= 11 is 0. The van der Waals surface area contributed by atoms with Crippen molar-refractivity contribution < 1.29 is 21.6 Å². The zero-order valence-corrected chi connectivity index (χ0v) is 16.7. The average Bonchev–Trinajstić information content (AvgIpc) is 3.47. The third kappa shape index (κ3) is 3.08. The number of benzene rings is 2. The average molecular weight is 444 g/mol. The van der Waals surface area contributed by atoms with Crippen LogP contribution < -0.4 is 4.31 Å². The Bertz CT molecular complexity index is 1320. The molecule has 1 fully saturated rings. The number of aromatic nitrogens is 2. The van der Waals surface area contributed by atoms with Crippen LogP contribution in [0.2, 0.25) is 0 Å². The van der Waals surface area contributed by atoms with Crippen LogP contribution in [0, 0.1) is 17.2 Å². The number of halogens is 3. The summed E-state index contributed by atoms with van der Waals surface area (Å²) in [6.45, 7) is 0. The maximum Gasteiger partial charge on any atom is 0.416 e. The summed E-state index contributed by atoms with van der Waals surface area (Å²) < 4.78 is 67.5. The molecule has 0 amide bonds. The van der Waals surface area contributed by atoms with Gasteiger partial charge in [0.15, 0.2) is 0 Å². The number of nitrogens with one attached hydrogen (secondary N) is 1. The molecule has 2 aromatic carbocycles. The van der Waals surface area contributed by atoms with E-state index in [1.165, 1.54) is 10.4 Å². The first kappa shape index (κ1) is 19.6. The lowest BCUT2D eigenvalue weighted by atomic mass is 9.92. The number of alkyl halides is 3. The van der Waals surface area contributed by atoms with Gasteiger partial charge in [-0.1, -0.05) is 0 Å². The van der Waals surface area contributed by atoms with Gasteiger partial charge < -0.3 is 0 Å². The number of sulfonamides is 1. The molecule has 2 aliphatic rings. The molecule has 1 atom stereocenters. The van der Waals surface area contributed by atoms with Crippen LogP contribution in [0.25, 0.3) is 11.3 Å². The van der Waals surface area contributed by atoms with Gasteiger partial charge in [0.1, 0.15) is 0 Å².